The summed E-state index contributed by atoms with van der Waals surface area (Å²) < 4.78 is 13.3. The molecule has 2 nitrogen and oxygen atoms in total. The zero-order chi connectivity index (χ0) is 13.3. The topological polar surface area (TPSA) is 38.9 Å². The van der Waals surface area contributed by atoms with Crippen LogP contribution in [0.2, 0.25) is 0 Å². The van der Waals surface area contributed by atoms with Gasteiger partial charge in [-0.25, -0.2) is 9.37 Å². The van der Waals surface area contributed by atoms with Gasteiger partial charge in [0.15, 0.2) is 0 Å². The number of hydrogen-bond donors (Lipinski definition) is 1. The Bertz CT molecular complexity index is 563. The zero-order valence-electron chi connectivity index (χ0n) is 10.8. The normalized spacial score (nSPS) is 12.7. The number of aromatic nitrogens is 1. The molecule has 1 heterocycles. The monoisotopic (exact) mass is 264 g/mol. The Balaban J connectivity index is 2.44. The van der Waals surface area contributed by atoms with E-state index >= 15 is 0 Å². The van der Waals surface area contributed by atoms with Gasteiger partial charge in [0.2, 0.25) is 0 Å². The summed E-state index contributed by atoms with van der Waals surface area (Å²) in [5, 5.41) is 1.05. The first kappa shape index (κ1) is 13.2. The highest BCUT2D eigenvalue weighted by molar-refractivity contribution is 7.12. The maximum absolute atomic E-state index is 13.3. The van der Waals surface area contributed by atoms with Crippen molar-refractivity contribution >= 4 is 11.3 Å². The third-order valence-electron chi connectivity index (χ3n) is 3.02. The van der Waals surface area contributed by atoms with Crippen molar-refractivity contribution in [2.45, 2.75) is 26.7 Å². The van der Waals surface area contributed by atoms with Gasteiger partial charge in [-0.05, 0) is 37.6 Å². The van der Waals surface area contributed by atoms with E-state index in [1.165, 1.54) is 6.07 Å². The largest absolute Gasteiger partial charge is 0.330 e. The van der Waals surface area contributed by atoms with Crippen molar-refractivity contribution in [2.75, 3.05) is 6.54 Å². The van der Waals surface area contributed by atoms with Crippen LogP contribution in [-0.4, -0.2) is 11.5 Å². The lowest BCUT2D eigenvalue weighted by atomic mass is 10.1. The van der Waals surface area contributed by atoms with Crippen LogP contribution in [0.25, 0.3) is 11.3 Å². The van der Waals surface area contributed by atoms with E-state index in [0.29, 0.717) is 12.1 Å². The van der Waals surface area contributed by atoms with Gasteiger partial charge in [0, 0.05) is 22.9 Å². The van der Waals surface area contributed by atoms with Gasteiger partial charge in [-0.3, -0.25) is 0 Å². The third-order valence-corrected chi connectivity index (χ3v) is 4.22. The lowest BCUT2D eigenvalue weighted by Crippen LogP contribution is -2.08. The summed E-state index contributed by atoms with van der Waals surface area (Å²) >= 11 is 1.67. The van der Waals surface area contributed by atoms with E-state index in [0.717, 1.165) is 21.1 Å². The van der Waals surface area contributed by atoms with Crippen molar-refractivity contribution < 1.29 is 4.39 Å². The molecule has 18 heavy (non-hydrogen) atoms. The second-order valence-electron chi connectivity index (χ2n) is 4.56. The number of thiazole rings is 1. The Labute approximate surface area is 111 Å². The molecule has 0 amide bonds. The molecular weight excluding hydrogens is 247 g/mol. The maximum atomic E-state index is 13.3. The summed E-state index contributed by atoms with van der Waals surface area (Å²) in [5.74, 6) is 0.0891. The van der Waals surface area contributed by atoms with Gasteiger partial charge < -0.3 is 5.73 Å². The van der Waals surface area contributed by atoms with Crippen LogP contribution in [0.5, 0.6) is 0 Å². The van der Waals surface area contributed by atoms with E-state index in [1.54, 1.807) is 24.3 Å². The second kappa shape index (κ2) is 5.16. The molecule has 0 radical (unpaired) electrons. The van der Waals surface area contributed by atoms with E-state index in [4.69, 9.17) is 5.73 Å². The number of halogens is 1. The van der Waals surface area contributed by atoms with Crippen LogP contribution in [-0.2, 0) is 0 Å². The first-order valence-electron chi connectivity index (χ1n) is 5.96. The Kier molecular flexibility index (Phi) is 3.78. The predicted octanol–water partition coefficient (Wildman–Crippen LogP) is 3.63. The Morgan fingerprint density at radius 1 is 1.39 bits per heavy atom. The summed E-state index contributed by atoms with van der Waals surface area (Å²) in [6.45, 7) is 6.47. The molecule has 0 spiro atoms. The van der Waals surface area contributed by atoms with Gasteiger partial charge in [0.25, 0.3) is 0 Å². The zero-order valence-corrected chi connectivity index (χ0v) is 11.6. The van der Waals surface area contributed by atoms with Gasteiger partial charge >= 0.3 is 0 Å². The fourth-order valence-corrected chi connectivity index (χ4v) is 2.80. The van der Waals surface area contributed by atoms with Crippen LogP contribution in [0.15, 0.2) is 18.2 Å². The summed E-state index contributed by atoms with van der Waals surface area (Å²) in [6, 6.07) is 5.12. The Hall–Kier alpha value is -1.26. The highest BCUT2D eigenvalue weighted by atomic mass is 32.1. The molecule has 0 aliphatic carbocycles. The van der Waals surface area contributed by atoms with Gasteiger partial charge in [0.1, 0.15) is 5.82 Å². The van der Waals surface area contributed by atoms with Crippen LogP contribution >= 0.6 is 11.3 Å². The van der Waals surface area contributed by atoms with Gasteiger partial charge in [-0.15, -0.1) is 11.3 Å². The molecule has 0 saturated carbocycles. The summed E-state index contributed by atoms with van der Waals surface area (Å²) in [6.07, 6.45) is 0. The van der Waals surface area contributed by atoms with E-state index in [9.17, 15) is 4.39 Å². The highest BCUT2D eigenvalue weighted by Crippen LogP contribution is 2.31. The van der Waals surface area contributed by atoms with E-state index in [2.05, 4.69) is 11.9 Å². The van der Waals surface area contributed by atoms with Gasteiger partial charge in [-0.2, -0.15) is 0 Å². The molecule has 1 atom stereocenters. The number of benzene rings is 1. The minimum absolute atomic E-state index is 0.179. The summed E-state index contributed by atoms with van der Waals surface area (Å²) in [5.41, 5.74) is 8.22. The number of nitrogens with two attached hydrogens (primary N) is 1. The van der Waals surface area contributed by atoms with Crippen LogP contribution < -0.4 is 5.73 Å². The standard InChI is InChI=1S/C14H17FN2S/c1-8-6-11(4-5-12(8)15)13-10(3)18-14(17-13)9(2)7-16/h4-6,9H,7,16H2,1-3H3. The number of nitrogens with zero attached hydrogens (tertiary/aromatic N) is 1. The fraction of sp³-hybridized carbons (Fsp3) is 0.357. The fourth-order valence-electron chi connectivity index (χ4n) is 1.79. The second-order valence-corrected chi connectivity index (χ2v) is 5.79. The van der Waals surface area contributed by atoms with E-state index in [1.807, 2.05) is 13.0 Å². The van der Waals surface area contributed by atoms with Crippen molar-refractivity contribution in [1.82, 2.24) is 4.98 Å². The Morgan fingerprint density at radius 3 is 2.72 bits per heavy atom. The third kappa shape index (κ3) is 2.44. The highest BCUT2D eigenvalue weighted by Gasteiger charge is 2.14. The van der Waals surface area contributed by atoms with Crippen molar-refractivity contribution in [3.63, 3.8) is 0 Å². The smallest absolute Gasteiger partial charge is 0.126 e. The average molecular weight is 264 g/mol. The summed E-state index contributed by atoms with van der Waals surface area (Å²) in [7, 11) is 0. The molecule has 2 rings (SSSR count). The molecule has 1 unspecified atom stereocenters. The SMILES string of the molecule is Cc1cc(-c2nc(C(C)CN)sc2C)ccc1F. The molecule has 0 fully saturated rings. The van der Waals surface area contributed by atoms with Crippen molar-refractivity contribution in [2.24, 2.45) is 5.73 Å². The molecule has 2 aromatic rings. The van der Waals surface area contributed by atoms with E-state index < -0.39 is 0 Å². The van der Waals surface area contributed by atoms with Gasteiger partial charge in [0.05, 0.1) is 10.7 Å². The Morgan fingerprint density at radius 2 is 2.11 bits per heavy atom. The molecule has 1 aromatic carbocycles. The first-order valence-corrected chi connectivity index (χ1v) is 6.78. The number of aryl methyl sites for hydroxylation is 2. The molecule has 1 aromatic heterocycles. The quantitative estimate of drug-likeness (QED) is 0.919. The molecule has 0 bridgehead atoms. The molecular formula is C14H17FN2S. The minimum atomic E-state index is -0.179. The van der Waals surface area contributed by atoms with Crippen LogP contribution in [0.1, 0.15) is 28.3 Å². The van der Waals surface area contributed by atoms with Crippen molar-refractivity contribution in [3.05, 3.63) is 39.5 Å². The van der Waals surface area contributed by atoms with Crippen LogP contribution in [0.3, 0.4) is 0 Å². The molecule has 96 valence electrons. The average Bonchev–Trinajstić information content (AvgIpc) is 2.74. The lowest BCUT2D eigenvalue weighted by Gasteiger charge is -2.03. The number of hydrogen-bond acceptors (Lipinski definition) is 3. The maximum Gasteiger partial charge on any atom is 0.126 e. The van der Waals surface area contributed by atoms with Crippen LogP contribution in [0, 0.1) is 19.7 Å². The molecule has 0 aliphatic heterocycles. The first-order chi connectivity index (χ1) is 8.52. The molecule has 2 N–H and O–H groups in total. The van der Waals surface area contributed by atoms with Gasteiger partial charge in [-0.1, -0.05) is 6.92 Å². The lowest BCUT2D eigenvalue weighted by molar-refractivity contribution is 0.618. The molecule has 0 saturated heterocycles. The molecule has 4 heteroatoms. The molecule has 0 aliphatic rings. The van der Waals surface area contributed by atoms with Crippen molar-refractivity contribution in [1.29, 1.82) is 0 Å². The van der Waals surface area contributed by atoms with E-state index in [-0.39, 0.29) is 11.7 Å². The predicted molar refractivity (Wildman–Crippen MR) is 74.5 cm³/mol. The minimum Gasteiger partial charge on any atom is -0.330 e. The van der Waals surface area contributed by atoms with Crippen molar-refractivity contribution in [3.8, 4) is 11.3 Å². The summed E-state index contributed by atoms with van der Waals surface area (Å²) in [4.78, 5) is 5.79. The number of rotatable bonds is 3. The van der Waals surface area contributed by atoms with Crippen LogP contribution in [0.4, 0.5) is 4.39 Å².